The molecule has 0 aliphatic carbocycles. The van der Waals surface area contributed by atoms with Crippen LogP contribution in [-0.2, 0) is 0 Å². The molecule has 0 spiro atoms. The van der Waals surface area contributed by atoms with Crippen LogP contribution in [0.1, 0.15) is 0 Å². The Morgan fingerprint density at radius 3 is 1.48 bits per heavy atom. The van der Waals surface area contributed by atoms with Crippen LogP contribution in [0.15, 0.2) is 241 Å². The van der Waals surface area contributed by atoms with Crippen LogP contribution in [0.2, 0.25) is 0 Å². The minimum absolute atomic E-state index is 0.893. The Balaban J connectivity index is 0.910. The monoisotopic (exact) mass is 789 g/mol. The first-order valence-corrected chi connectivity index (χ1v) is 21.2. The smallest absolute Gasteiger partial charge is 0.136 e. The lowest BCUT2D eigenvalue weighted by atomic mass is 9.96. The average molecular weight is 790 g/mol. The van der Waals surface area contributed by atoms with Gasteiger partial charge in [-0.1, -0.05) is 176 Å². The number of hydrogen-bond donors (Lipinski definition) is 0. The van der Waals surface area contributed by atoms with Crippen LogP contribution < -0.4 is 4.90 Å². The van der Waals surface area contributed by atoms with Gasteiger partial charge in [0, 0.05) is 27.8 Å². The van der Waals surface area contributed by atoms with Gasteiger partial charge in [-0.25, -0.2) is 0 Å². The topological polar surface area (TPSA) is 16.4 Å². The molecule has 0 atom stereocenters. The van der Waals surface area contributed by atoms with Gasteiger partial charge in [-0.15, -0.1) is 0 Å². The van der Waals surface area contributed by atoms with Crippen molar-refractivity contribution in [2.75, 3.05) is 4.90 Å². The average Bonchev–Trinajstić information content (AvgIpc) is 3.73. The van der Waals surface area contributed by atoms with Crippen LogP contribution in [0.3, 0.4) is 0 Å². The van der Waals surface area contributed by atoms with E-state index in [0.29, 0.717) is 0 Å². The van der Waals surface area contributed by atoms with E-state index in [2.05, 4.69) is 229 Å². The van der Waals surface area contributed by atoms with E-state index in [1.807, 2.05) is 12.1 Å². The molecule has 0 amide bonds. The number of hydrogen-bond acceptors (Lipinski definition) is 2. The van der Waals surface area contributed by atoms with Crippen molar-refractivity contribution >= 4 is 71.3 Å². The van der Waals surface area contributed by atoms with Gasteiger partial charge in [-0.2, -0.15) is 0 Å². The van der Waals surface area contributed by atoms with Crippen molar-refractivity contribution in [1.82, 2.24) is 0 Å². The zero-order chi connectivity index (χ0) is 41.0. The van der Waals surface area contributed by atoms with Crippen LogP contribution in [0.25, 0.3) is 98.8 Å². The number of rotatable bonds is 7. The largest absolute Gasteiger partial charge is 0.456 e. The van der Waals surface area contributed by atoms with E-state index in [0.717, 1.165) is 50.1 Å². The summed E-state index contributed by atoms with van der Waals surface area (Å²) in [5, 5.41) is 9.84. The zero-order valence-electron chi connectivity index (χ0n) is 33.9. The molecular weight excluding hydrogens is 751 g/mol. The molecule has 0 saturated carbocycles. The fourth-order valence-electron chi connectivity index (χ4n) is 9.29. The summed E-state index contributed by atoms with van der Waals surface area (Å²) >= 11 is 0. The predicted octanol–water partition coefficient (Wildman–Crippen LogP) is 17.2. The van der Waals surface area contributed by atoms with Gasteiger partial charge >= 0.3 is 0 Å². The second-order valence-electron chi connectivity index (χ2n) is 16.1. The molecule has 1 aromatic heterocycles. The molecule has 2 heteroatoms. The molecule has 1 heterocycles. The van der Waals surface area contributed by atoms with Crippen molar-refractivity contribution in [1.29, 1.82) is 0 Å². The summed E-state index contributed by atoms with van der Waals surface area (Å²) < 4.78 is 6.30. The molecule has 0 aliphatic rings. The zero-order valence-corrected chi connectivity index (χ0v) is 33.9. The molecule has 62 heavy (non-hydrogen) atoms. The predicted molar refractivity (Wildman–Crippen MR) is 263 cm³/mol. The third-order valence-corrected chi connectivity index (χ3v) is 12.4. The first-order valence-electron chi connectivity index (χ1n) is 21.2. The van der Waals surface area contributed by atoms with Crippen molar-refractivity contribution in [2.45, 2.75) is 0 Å². The highest BCUT2D eigenvalue weighted by Gasteiger charge is 2.17. The molecule has 0 fully saturated rings. The second kappa shape index (κ2) is 14.8. The number of benzene rings is 11. The first kappa shape index (κ1) is 35.7. The first-order chi connectivity index (χ1) is 30.7. The van der Waals surface area contributed by atoms with Crippen LogP contribution in [0.4, 0.5) is 17.1 Å². The number of anilines is 3. The van der Waals surface area contributed by atoms with E-state index >= 15 is 0 Å². The van der Waals surface area contributed by atoms with Crippen molar-refractivity contribution in [3.05, 3.63) is 237 Å². The molecule has 12 aromatic rings. The lowest BCUT2D eigenvalue weighted by molar-refractivity contribution is 0.669. The highest BCUT2D eigenvalue weighted by atomic mass is 16.3. The summed E-state index contributed by atoms with van der Waals surface area (Å²) in [5.41, 5.74) is 14.5. The molecule has 2 nitrogen and oxygen atoms in total. The Morgan fingerprint density at radius 2 is 0.758 bits per heavy atom. The van der Waals surface area contributed by atoms with Gasteiger partial charge in [0.05, 0.1) is 0 Å². The van der Waals surface area contributed by atoms with Crippen LogP contribution in [-0.4, -0.2) is 0 Å². The molecule has 11 aromatic carbocycles. The van der Waals surface area contributed by atoms with Crippen molar-refractivity contribution < 1.29 is 4.42 Å². The highest BCUT2D eigenvalue weighted by molar-refractivity contribution is 6.13. The standard InChI is InChI=1S/C60H39NO/c1-2-11-47-37-48(27-23-40(47)9-1)44-31-35-52(36-32-44)61(53-13-7-12-50(38-53)55-16-8-18-59-60(55)56-15-5-6-17-58(56)62-59)51-33-29-42(30-34-51)41-19-21-43(22-20-41)49-28-26-46-25-24-45-10-3-4-14-54(45)57(46)39-49/h1-39H. The molecule has 290 valence electrons. The van der Waals surface area contributed by atoms with Gasteiger partial charge < -0.3 is 9.32 Å². The minimum atomic E-state index is 0.893. The number of para-hydroxylation sites is 1. The molecule has 12 rings (SSSR count). The van der Waals surface area contributed by atoms with E-state index < -0.39 is 0 Å². The highest BCUT2D eigenvalue weighted by Crippen LogP contribution is 2.42. The Kier molecular flexibility index (Phi) is 8.53. The van der Waals surface area contributed by atoms with Crippen LogP contribution in [0, 0.1) is 0 Å². The van der Waals surface area contributed by atoms with Crippen LogP contribution in [0.5, 0.6) is 0 Å². The SMILES string of the molecule is c1cc(-c2cccc3oc4ccccc4c23)cc(N(c2ccc(-c3ccc(-c4ccc5ccc6ccccc6c5c4)cc3)cc2)c2ccc(-c3ccc4ccccc4c3)cc2)c1. The molecular formula is C60H39NO. The summed E-state index contributed by atoms with van der Waals surface area (Å²) in [7, 11) is 0. The fourth-order valence-corrected chi connectivity index (χ4v) is 9.29. The molecule has 0 aliphatic heterocycles. The van der Waals surface area contributed by atoms with E-state index in [1.54, 1.807) is 0 Å². The Bertz CT molecular complexity index is 3620. The molecule has 0 saturated heterocycles. The van der Waals surface area contributed by atoms with Gasteiger partial charge in [0.1, 0.15) is 11.2 Å². The Hall–Kier alpha value is -8.20. The second-order valence-corrected chi connectivity index (χ2v) is 16.1. The van der Waals surface area contributed by atoms with Crippen molar-refractivity contribution in [3.63, 3.8) is 0 Å². The maximum Gasteiger partial charge on any atom is 0.136 e. The summed E-state index contributed by atoms with van der Waals surface area (Å²) in [6.07, 6.45) is 0. The van der Waals surface area contributed by atoms with Crippen LogP contribution >= 0.6 is 0 Å². The summed E-state index contributed by atoms with van der Waals surface area (Å²) in [4.78, 5) is 2.36. The van der Waals surface area contributed by atoms with Crippen molar-refractivity contribution in [2.24, 2.45) is 0 Å². The third-order valence-electron chi connectivity index (χ3n) is 12.4. The lowest BCUT2D eigenvalue weighted by Gasteiger charge is -2.26. The molecule has 0 radical (unpaired) electrons. The summed E-state index contributed by atoms with van der Waals surface area (Å²) in [6.45, 7) is 0. The van der Waals surface area contributed by atoms with E-state index in [9.17, 15) is 0 Å². The molecule has 0 N–H and O–H groups in total. The normalized spacial score (nSPS) is 11.5. The number of furan rings is 1. The van der Waals surface area contributed by atoms with Gasteiger partial charge in [0.2, 0.25) is 0 Å². The van der Waals surface area contributed by atoms with Crippen molar-refractivity contribution in [3.8, 4) is 44.5 Å². The third kappa shape index (κ3) is 6.29. The van der Waals surface area contributed by atoms with E-state index in [1.165, 1.54) is 65.7 Å². The number of fused-ring (bicyclic) bond motifs is 7. The van der Waals surface area contributed by atoms with E-state index in [-0.39, 0.29) is 0 Å². The lowest BCUT2D eigenvalue weighted by Crippen LogP contribution is -2.10. The Labute approximate surface area is 360 Å². The maximum absolute atomic E-state index is 6.30. The van der Waals surface area contributed by atoms with Gasteiger partial charge in [-0.05, 0) is 137 Å². The van der Waals surface area contributed by atoms with Gasteiger partial charge in [0.25, 0.3) is 0 Å². The fraction of sp³-hybridized carbons (Fsp3) is 0. The maximum atomic E-state index is 6.30. The molecule has 0 bridgehead atoms. The quantitative estimate of drug-likeness (QED) is 0.150. The summed E-state index contributed by atoms with van der Waals surface area (Å²) in [6, 6.07) is 85.5. The number of nitrogens with zero attached hydrogens (tertiary/aromatic N) is 1. The van der Waals surface area contributed by atoms with Gasteiger partial charge in [-0.3, -0.25) is 0 Å². The minimum Gasteiger partial charge on any atom is -0.456 e. The van der Waals surface area contributed by atoms with Gasteiger partial charge in [0.15, 0.2) is 0 Å². The van der Waals surface area contributed by atoms with E-state index in [4.69, 9.17) is 4.42 Å². The summed E-state index contributed by atoms with van der Waals surface area (Å²) in [5.74, 6) is 0. The molecule has 0 unspecified atom stereocenters. The Morgan fingerprint density at radius 1 is 0.258 bits per heavy atom.